The van der Waals surface area contributed by atoms with Crippen molar-refractivity contribution < 1.29 is 4.79 Å². The number of imidazole rings is 1. The van der Waals surface area contributed by atoms with Crippen molar-refractivity contribution in [2.24, 2.45) is 0 Å². The van der Waals surface area contributed by atoms with Crippen molar-refractivity contribution in [2.45, 2.75) is 38.8 Å². The summed E-state index contributed by atoms with van der Waals surface area (Å²) in [7, 11) is 1.88. The molecule has 1 aromatic heterocycles. The van der Waals surface area contributed by atoms with Gasteiger partial charge in [-0.15, -0.1) is 0 Å². The first kappa shape index (κ1) is 13.1. The van der Waals surface area contributed by atoms with E-state index in [2.05, 4.69) is 21.8 Å². The van der Waals surface area contributed by atoms with Crippen LogP contribution in [0.15, 0.2) is 12.5 Å². The lowest BCUT2D eigenvalue weighted by molar-refractivity contribution is -0.132. The molecule has 100 valence electrons. The van der Waals surface area contributed by atoms with Gasteiger partial charge in [-0.1, -0.05) is 6.92 Å². The van der Waals surface area contributed by atoms with Crippen LogP contribution in [0.3, 0.4) is 0 Å². The van der Waals surface area contributed by atoms with Crippen LogP contribution in [0.1, 0.15) is 37.9 Å². The first-order valence-corrected chi connectivity index (χ1v) is 6.67. The number of amides is 1. The van der Waals surface area contributed by atoms with Gasteiger partial charge in [-0.05, 0) is 19.4 Å². The summed E-state index contributed by atoms with van der Waals surface area (Å²) < 4.78 is 2.21. The molecule has 0 aliphatic carbocycles. The molecule has 1 amide bonds. The van der Waals surface area contributed by atoms with Gasteiger partial charge in [0.15, 0.2) is 0 Å². The van der Waals surface area contributed by atoms with Gasteiger partial charge in [0, 0.05) is 32.8 Å². The Morgan fingerprint density at radius 3 is 3.11 bits per heavy atom. The fourth-order valence-corrected chi connectivity index (χ4v) is 2.41. The molecule has 0 saturated carbocycles. The van der Waals surface area contributed by atoms with Crippen LogP contribution < -0.4 is 5.32 Å². The first-order chi connectivity index (χ1) is 8.72. The number of nitrogens with zero attached hydrogens (tertiary/aromatic N) is 3. The van der Waals surface area contributed by atoms with Crippen LogP contribution in [0.4, 0.5) is 0 Å². The Bertz CT molecular complexity index is 401. The molecular weight excluding hydrogens is 228 g/mol. The van der Waals surface area contributed by atoms with Gasteiger partial charge in [-0.2, -0.15) is 0 Å². The summed E-state index contributed by atoms with van der Waals surface area (Å²) >= 11 is 0. The lowest BCUT2D eigenvalue weighted by Gasteiger charge is -2.31. The van der Waals surface area contributed by atoms with Crippen LogP contribution in [-0.4, -0.2) is 40.5 Å². The molecule has 1 N–H and O–H groups in total. The molecule has 1 fully saturated rings. The van der Waals surface area contributed by atoms with E-state index in [1.54, 1.807) is 0 Å². The number of rotatable bonds is 5. The van der Waals surface area contributed by atoms with Crippen molar-refractivity contribution in [3.63, 3.8) is 0 Å². The molecule has 2 heterocycles. The molecule has 18 heavy (non-hydrogen) atoms. The van der Waals surface area contributed by atoms with E-state index < -0.39 is 0 Å². The summed E-state index contributed by atoms with van der Waals surface area (Å²) in [4.78, 5) is 17.6. The number of nitrogens with one attached hydrogen (secondary N) is 1. The highest BCUT2D eigenvalue weighted by molar-refractivity contribution is 5.76. The molecule has 0 radical (unpaired) electrons. The van der Waals surface area contributed by atoms with Gasteiger partial charge in [0.1, 0.15) is 0 Å². The van der Waals surface area contributed by atoms with E-state index >= 15 is 0 Å². The third kappa shape index (κ3) is 2.90. The summed E-state index contributed by atoms with van der Waals surface area (Å²) in [6.45, 7) is 4.82. The highest BCUT2D eigenvalue weighted by atomic mass is 16.2. The number of hydrogen-bond donors (Lipinski definition) is 1. The van der Waals surface area contributed by atoms with Crippen molar-refractivity contribution in [3.8, 4) is 0 Å². The maximum atomic E-state index is 11.5. The van der Waals surface area contributed by atoms with Crippen LogP contribution in [0, 0.1) is 0 Å². The molecule has 5 heteroatoms. The quantitative estimate of drug-likeness (QED) is 0.798. The Labute approximate surface area is 108 Å². The van der Waals surface area contributed by atoms with Crippen LogP contribution in [0.5, 0.6) is 0 Å². The van der Waals surface area contributed by atoms with E-state index in [1.807, 2.05) is 24.5 Å². The average Bonchev–Trinajstić information content (AvgIpc) is 2.81. The highest BCUT2D eigenvalue weighted by Gasteiger charge is 2.24. The molecular formula is C13H22N4O. The zero-order valence-electron chi connectivity index (χ0n) is 11.2. The van der Waals surface area contributed by atoms with Gasteiger partial charge in [0.2, 0.25) is 5.91 Å². The van der Waals surface area contributed by atoms with Crippen molar-refractivity contribution >= 4 is 5.91 Å². The summed E-state index contributed by atoms with van der Waals surface area (Å²) in [6, 6.07) is 0.369. The highest BCUT2D eigenvalue weighted by Crippen LogP contribution is 2.22. The van der Waals surface area contributed by atoms with Crippen LogP contribution in [0.25, 0.3) is 0 Å². The monoisotopic (exact) mass is 250 g/mol. The zero-order chi connectivity index (χ0) is 13.0. The zero-order valence-corrected chi connectivity index (χ0v) is 11.2. The number of likely N-dealkylation sites (tertiary alicyclic amines) is 1. The number of piperidine rings is 1. The van der Waals surface area contributed by atoms with Gasteiger partial charge < -0.3 is 14.8 Å². The normalized spacial score (nSPS) is 20.4. The predicted molar refractivity (Wildman–Crippen MR) is 70.1 cm³/mol. The Morgan fingerprint density at radius 1 is 1.56 bits per heavy atom. The van der Waals surface area contributed by atoms with Gasteiger partial charge in [-0.25, -0.2) is 4.98 Å². The Kier molecular flexibility index (Phi) is 4.36. The molecule has 1 aliphatic heterocycles. The molecule has 1 unspecified atom stereocenters. The third-order valence-corrected chi connectivity index (χ3v) is 3.47. The maximum Gasteiger partial charge on any atom is 0.222 e. The number of likely N-dealkylation sites (N-methyl/N-ethyl adjacent to an activating group) is 1. The van der Waals surface area contributed by atoms with Gasteiger partial charge >= 0.3 is 0 Å². The Morgan fingerprint density at radius 2 is 2.39 bits per heavy atom. The molecule has 1 aliphatic rings. The second-order valence-corrected chi connectivity index (χ2v) is 4.94. The van der Waals surface area contributed by atoms with Gasteiger partial charge in [0.05, 0.1) is 18.1 Å². The lowest BCUT2D eigenvalue weighted by atomic mass is 10.1. The van der Waals surface area contributed by atoms with Crippen LogP contribution in [0.2, 0.25) is 0 Å². The summed E-state index contributed by atoms with van der Waals surface area (Å²) in [5.41, 5.74) is 1.20. The fraction of sp³-hybridized carbons (Fsp3) is 0.692. The summed E-state index contributed by atoms with van der Waals surface area (Å²) in [6.07, 6.45) is 6.49. The predicted octanol–water partition coefficient (Wildman–Crippen LogP) is 1.18. The molecule has 1 aromatic rings. The lowest BCUT2D eigenvalue weighted by Crippen LogP contribution is -2.38. The average molecular weight is 250 g/mol. The molecule has 0 bridgehead atoms. The molecule has 1 atom stereocenters. The molecule has 0 spiro atoms. The second-order valence-electron chi connectivity index (χ2n) is 4.94. The van der Waals surface area contributed by atoms with E-state index in [4.69, 9.17) is 0 Å². The SMILES string of the molecule is CCCNCc1cncn1C1CCC(=O)N(C)C1. The molecule has 1 saturated heterocycles. The maximum absolute atomic E-state index is 11.5. The van der Waals surface area contributed by atoms with Gasteiger partial charge in [0.25, 0.3) is 0 Å². The van der Waals surface area contributed by atoms with E-state index in [1.165, 1.54) is 5.69 Å². The second kappa shape index (κ2) is 6.00. The summed E-state index contributed by atoms with van der Waals surface area (Å²) in [5.74, 6) is 0.247. The van der Waals surface area contributed by atoms with E-state index in [9.17, 15) is 4.79 Å². The van der Waals surface area contributed by atoms with Gasteiger partial charge in [-0.3, -0.25) is 4.79 Å². The fourth-order valence-electron chi connectivity index (χ4n) is 2.41. The van der Waals surface area contributed by atoms with Crippen molar-refractivity contribution in [3.05, 3.63) is 18.2 Å². The minimum Gasteiger partial charge on any atom is -0.344 e. The first-order valence-electron chi connectivity index (χ1n) is 6.67. The number of carbonyl (C=O) groups excluding carboxylic acids is 1. The number of aromatic nitrogens is 2. The van der Waals surface area contributed by atoms with E-state index in [0.29, 0.717) is 12.5 Å². The minimum absolute atomic E-state index is 0.247. The van der Waals surface area contributed by atoms with E-state index in [-0.39, 0.29) is 5.91 Å². The molecule has 0 aromatic carbocycles. The molecule has 5 nitrogen and oxygen atoms in total. The Hall–Kier alpha value is -1.36. The third-order valence-electron chi connectivity index (χ3n) is 3.47. The van der Waals surface area contributed by atoms with Crippen molar-refractivity contribution in [2.75, 3.05) is 20.1 Å². The standard InChI is InChI=1S/C13H22N4O/c1-3-6-14-7-12-8-15-10-17(12)11-4-5-13(18)16(2)9-11/h8,10-11,14H,3-7,9H2,1-2H3. The smallest absolute Gasteiger partial charge is 0.222 e. The van der Waals surface area contributed by atoms with Crippen molar-refractivity contribution in [1.82, 2.24) is 19.8 Å². The minimum atomic E-state index is 0.247. The van der Waals surface area contributed by atoms with Crippen LogP contribution in [-0.2, 0) is 11.3 Å². The van der Waals surface area contributed by atoms with Crippen LogP contribution >= 0.6 is 0 Å². The largest absolute Gasteiger partial charge is 0.344 e. The topological polar surface area (TPSA) is 50.2 Å². The van der Waals surface area contributed by atoms with Crippen molar-refractivity contribution in [1.29, 1.82) is 0 Å². The number of hydrogen-bond acceptors (Lipinski definition) is 3. The Balaban J connectivity index is 2.00. The number of carbonyl (C=O) groups is 1. The van der Waals surface area contributed by atoms with E-state index in [0.717, 1.165) is 32.5 Å². The molecule has 2 rings (SSSR count). The summed E-state index contributed by atoms with van der Waals surface area (Å²) in [5, 5.41) is 3.40.